The Kier molecular flexibility index (Phi) is 5.16. The van der Waals surface area contributed by atoms with Crippen molar-refractivity contribution < 1.29 is 4.79 Å². The van der Waals surface area contributed by atoms with E-state index in [0.29, 0.717) is 5.56 Å². The summed E-state index contributed by atoms with van der Waals surface area (Å²) in [5, 5.41) is 19.4. The van der Waals surface area contributed by atoms with E-state index in [1.54, 1.807) is 28.8 Å². The van der Waals surface area contributed by atoms with Crippen molar-refractivity contribution in [2.24, 2.45) is 0 Å². The van der Waals surface area contributed by atoms with Crippen LogP contribution in [0, 0.1) is 6.92 Å². The van der Waals surface area contributed by atoms with E-state index in [4.69, 9.17) is 12.2 Å². The van der Waals surface area contributed by atoms with Crippen molar-refractivity contribution in [2.45, 2.75) is 6.92 Å². The molecule has 0 bridgehead atoms. The highest BCUT2D eigenvalue weighted by atomic mass is 79.9. The molecule has 7 nitrogen and oxygen atoms in total. The van der Waals surface area contributed by atoms with Crippen molar-refractivity contribution in [2.75, 3.05) is 5.32 Å². The first-order valence-corrected chi connectivity index (χ1v) is 10.2. The van der Waals surface area contributed by atoms with E-state index in [-0.39, 0.29) is 11.0 Å². The predicted octanol–water partition coefficient (Wildman–Crippen LogP) is 4.05. The second-order valence-electron chi connectivity index (χ2n) is 5.84. The number of halogens is 1. The van der Waals surface area contributed by atoms with Crippen molar-refractivity contribution in [3.05, 3.63) is 64.4 Å². The lowest BCUT2D eigenvalue weighted by Gasteiger charge is -2.10. The van der Waals surface area contributed by atoms with E-state index in [1.807, 2.05) is 31.2 Å². The number of rotatable bonds is 3. The van der Waals surface area contributed by atoms with Gasteiger partial charge in [0.1, 0.15) is 5.01 Å². The summed E-state index contributed by atoms with van der Waals surface area (Å²) in [7, 11) is 0. The molecular weight excluding hydrogens is 460 g/mol. The van der Waals surface area contributed by atoms with Crippen LogP contribution >= 0.6 is 39.5 Å². The average molecular weight is 473 g/mol. The Morgan fingerprint density at radius 1 is 1.18 bits per heavy atom. The minimum Gasteiger partial charge on any atom is -0.332 e. The monoisotopic (exact) mass is 472 g/mol. The topological polar surface area (TPSA) is 84.2 Å². The number of hydrogen-bond donors (Lipinski definition) is 2. The molecule has 28 heavy (non-hydrogen) atoms. The zero-order valence-corrected chi connectivity index (χ0v) is 17.7. The summed E-state index contributed by atoms with van der Waals surface area (Å²) in [6, 6.07) is 14.7. The lowest BCUT2D eigenvalue weighted by atomic mass is 10.2. The van der Waals surface area contributed by atoms with E-state index in [0.717, 1.165) is 31.5 Å². The molecule has 4 rings (SSSR count). The fourth-order valence-corrected chi connectivity index (χ4v) is 3.86. The summed E-state index contributed by atoms with van der Waals surface area (Å²) in [6.07, 6.45) is 0. The fourth-order valence-electron chi connectivity index (χ4n) is 2.50. The van der Waals surface area contributed by atoms with Gasteiger partial charge < -0.3 is 5.32 Å². The highest BCUT2D eigenvalue weighted by Crippen LogP contribution is 2.27. The number of hydrogen-bond acceptors (Lipinski definition) is 6. The summed E-state index contributed by atoms with van der Waals surface area (Å²) in [5.74, 6) is 0.467. The first kappa shape index (κ1) is 18.7. The molecule has 0 aliphatic carbocycles. The number of nitrogens with one attached hydrogen (secondary N) is 2. The van der Waals surface area contributed by atoms with Gasteiger partial charge in [0, 0.05) is 21.3 Å². The zero-order chi connectivity index (χ0) is 19.7. The van der Waals surface area contributed by atoms with Gasteiger partial charge in [0.05, 0.1) is 0 Å². The third-order valence-corrected chi connectivity index (χ3v) is 5.53. The van der Waals surface area contributed by atoms with Gasteiger partial charge in [-0.05, 0) is 55.5 Å². The van der Waals surface area contributed by atoms with Gasteiger partial charge in [-0.25, -0.2) is 0 Å². The number of nitrogens with zero attached hydrogens (tertiary/aromatic N) is 4. The van der Waals surface area contributed by atoms with Gasteiger partial charge in [-0.1, -0.05) is 39.4 Å². The molecule has 2 N–H and O–H groups in total. The van der Waals surface area contributed by atoms with Crippen LogP contribution in [-0.2, 0) is 0 Å². The van der Waals surface area contributed by atoms with E-state index < -0.39 is 0 Å². The maximum Gasteiger partial charge on any atom is 0.257 e. The number of aryl methyl sites for hydroxylation is 1. The van der Waals surface area contributed by atoms with Gasteiger partial charge >= 0.3 is 0 Å². The number of amides is 1. The smallest absolute Gasteiger partial charge is 0.257 e. The van der Waals surface area contributed by atoms with Crippen molar-refractivity contribution in [3.63, 3.8) is 0 Å². The van der Waals surface area contributed by atoms with Crippen LogP contribution in [0.5, 0.6) is 0 Å². The molecule has 0 saturated carbocycles. The van der Waals surface area contributed by atoms with Crippen LogP contribution in [0.3, 0.4) is 0 Å². The molecule has 10 heteroatoms. The lowest BCUT2D eigenvalue weighted by molar-refractivity contribution is 0.0977. The van der Waals surface area contributed by atoms with Crippen molar-refractivity contribution in [3.8, 4) is 10.6 Å². The molecule has 2 aromatic carbocycles. The van der Waals surface area contributed by atoms with Crippen LogP contribution in [0.1, 0.15) is 16.2 Å². The molecule has 2 heterocycles. The van der Waals surface area contributed by atoms with Gasteiger partial charge in [0.2, 0.25) is 4.96 Å². The number of aromatic nitrogens is 4. The molecule has 0 saturated heterocycles. The van der Waals surface area contributed by atoms with Crippen molar-refractivity contribution in [1.29, 1.82) is 0 Å². The molecule has 2 aromatic heterocycles. The highest BCUT2D eigenvalue weighted by Gasteiger charge is 2.12. The van der Waals surface area contributed by atoms with Gasteiger partial charge in [0.15, 0.2) is 10.9 Å². The number of carbonyl (C=O) groups is 1. The molecule has 140 valence electrons. The maximum atomic E-state index is 12.3. The Hall–Kier alpha value is -2.69. The Balaban J connectivity index is 1.47. The van der Waals surface area contributed by atoms with Crippen molar-refractivity contribution in [1.82, 2.24) is 25.1 Å². The normalized spacial score (nSPS) is 10.8. The van der Waals surface area contributed by atoms with Crippen molar-refractivity contribution >= 4 is 61.2 Å². The molecule has 0 radical (unpaired) electrons. The highest BCUT2D eigenvalue weighted by molar-refractivity contribution is 9.10. The molecule has 0 atom stereocenters. The van der Waals surface area contributed by atoms with Gasteiger partial charge in [0.25, 0.3) is 5.91 Å². The average Bonchev–Trinajstić information content (AvgIpc) is 3.24. The van der Waals surface area contributed by atoms with E-state index in [1.165, 1.54) is 11.3 Å². The fraction of sp³-hybridized carbons (Fsp3) is 0.0556. The third-order valence-electron chi connectivity index (χ3n) is 3.85. The van der Waals surface area contributed by atoms with Gasteiger partial charge in [-0.3, -0.25) is 10.1 Å². The van der Waals surface area contributed by atoms with Crippen LogP contribution in [0.25, 0.3) is 15.5 Å². The molecule has 0 aliphatic heterocycles. The van der Waals surface area contributed by atoms with Crippen LogP contribution in [0.15, 0.2) is 53.0 Å². The van der Waals surface area contributed by atoms with Gasteiger partial charge in [-0.15, -0.1) is 10.2 Å². The molecule has 1 amide bonds. The minimum absolute atomic E-state index is 0.221. The molecular formula is C18H13BrN6OS2. The van der Waals surface area contributed by atoms with Crippen LogP contribution in [0.2, 0.25) is 0 Å². The number of benzene rings is 2. The Morgan fingerprint density at radius 3 is 2.71 bits per heavy atom. The number of thiocarbonyl (C=S) groups is 1. The van der Waals surface area contributed by atoms with E-state index >= 15 is 0 Å². The molecule has 4 aromatic rings. The van der Waals surface area contributed by atoms with Crippen LogP contribution in [-0.4, -0.2) is 30.8 Å². The van der Waals surface area contributed by atoms with Crippen LogP contribution in [0.4, 0.5) is 5.69 Å². The summed E-state index contributed by atoms with van der Waals surface area (Å²) in [4.78, 5) is 13.0. The lowest BCUT2D eigenvalue weighted by Crippen LogP contribution is -2.34. The predicted molar refractivity (Wildman–Crippen MR) is 117 cm³/mol. The first-order valence-electron chi connectivity index (χ1n) is 8.17. The largest absolute Gasteiger partial charge is 0.332 e. The summed E-state index contributed by atoms with van der Waals surface area (Å²) in [6.45, 7) is 1.86. The SMILES string of the molecule is Cc1nnc2sc(-c3cccc(NC(=S)NC(=O)c4ccc(Br)cc4)c3)nn12. The molecule has 0 spiro atoms. The maximum absolute atomic E-state index is 12.3. The Morgan fingerprint density at radius 2 is 1.96 bits per heavy atom. The quantitative estimate of drug-likeness (QED) is 0.437. The van der Waals surface area contributed by atoms with E-state index in [9.17, 15) is 4.79 Å². The second kappa shape index (κ2) is 7.74. The van der Waals surface area contributed by atoms with Gasteiger partial charge in [-0.2, -0.15) is 9.61 Å². The van der Waals surface area contributed by atoms with Crippen LogP contribution < -0.4 is 10.6 Å². The number of fused-ring (bicyclic) bond motifs is 1. The Bertz CT molecular complexity index is 1180. The Labute approximate surface area is 177 Å². The summed E-state index contributed by atoms with van der Waals surface area (Å²) in [5.41, 5.74) is 2.19. The second-order valence-corrected chi connectivity index (χ2v) is 8.12. The minimum atomic E-state index is -0.273. The third kappa shape index (κ3) is 3.93. The standard InChI is InChI=1S/C18H13BrN6OS2/c1-10-22-23-18-25(10)24-16(28-18)12-3-2-4-14(9-12)20-17(27)21-15(26)11-5-7-13(19)8-6-11/h2-9H,1H3,(H2,20,21,26,27). The number of anilines is 1. The molecule has 0 aliphatic rings. The summed E-state index contributed by atoms with van der Waals surface area (Å²) < 4.78 is 2.62. The molecule has 0 fully saturated rings. The van der Waals surface area contributed by atoms with E-state index in [2.05, 4.69) is 41.9 Å². The summed E-state index contributed by atoms with van der Waals surface area (Å²) >= 11 is 10.1. The number of carbonyl (C=O) groups excluding carboxylic acids is 1. The zero-order valence-electron chi connectivity index (χ0n) is 14.5. The first-order chi connectivity index (χ1) is 13.5. The molecule has 0 unspecified atom stereocenters.